The van der Waals surface area contributed by atoms with E-state index >= 15 is 0 Å². The molecule has 0 aliphatic carbocycles. The van der Waals surface area contributed by atoms with Crippen LogP contribution in [0.2, 0.25) is 0 Å². The molecule has 0 unspecified atom stereocenters. The molecule has 2 aromatic rings. The summed E-state index contributed by atoms with van der Waals surface area (Å²) in [6.07, 6.45) is 4.09. The smallest absolute Gasteiger partial charge is 0.267 e. The summed E-state index contributed by atoms with van der Waals surface area (Å²) in [5.41, 5.74) is 1.06. The van der Waals surface area contributed by atoms with Crippen molar-refractivity contribution < 1.29 is 18.7 Å². The van der Waals surface area contributed by atoms with Crippen molar-refractivity contribution in [3.63, 3.8) is 0 Å². The number of nitrogens with zero attached hydrogens (tertiary/aromatic N) is 1. The molecular weight excluding hydrogens is 370 g/mol. The summed E-state index contributed by atoms with van der Waals surface area (Å²) in [5.74, 6) is -0.0780. The quantitative estimate of drug-likeness (QED) is 0.498. The second-order valence-electron chi connectivity index (χ2n) is 6.85. The lowest BCUT2D eigenvalue weighted by Crippen LogP contribution is -2.39. The lowest BCUT2D eigenvalue weighted by molar-refractivity contribution is -0.123. The van der Waals surface area contributed by atoms with Crippen molar-refractivity contribution in [1.29, 1.82) is 0 Å². The van der Waals surface area contributed by atoms with Crippen LogP contribution in [0.4, 0.5) is 0 Å². The second kappa shape index (κ2) is 11.2. The summed E-state index contributed by atoms with van der Waals surface area (Å²) < 4.78 is 10.6. The van der Waals surface area contributed by atoms with Crippen LogP contribution < -0.4 is 10.6 Å². The molecular formula is C22H27N3O4. The summed E-state index contributed by atoms with van der Waals surface area (Å²) in [7, 11) is 0. The normalized spacial score (nSPS) is 15.1. The predicted octanol–water partition coefficient (Wildman–Crippen LogP) is 1.82. The minimum absolute atomic E-state index is 0.173. The predicted molar refractivity (Wildman–Crippen MR) is 110 cm³/mol. The molecule has 3 rings (SSSR count). The minimum Gasteiger partial charge on any atom is -0.465 e. The third-order valence-corrected chi connectivity index (χ3v) is 4.60. The van der Waals surface area contributed by atoms with Crippen LogP contribution in [0.25, 0.3) is 6.08 Å². The molecule has 2 amide bonds. The van der Waals surface area contributed by atoms with Crippen LogP contribution in [-0.4, -0.2) is 56.1 Å². The molecule has 2 N–H and O–H groups in total. The Morgan fingerprint density at radius 3 is 2.59 bits per heavy atom. The van der Waals surface area contributed by atoms with Crippen molar-refractivity contribution in [3.8, 4) is 0 Å². The van der Waals surface area contributed by atoms with Gasteiger partial charge in [0.05, 0.1) is 25.9 Å². The molecule has 29 heavy (non-hydrogen) atoms. The number of amides is 2. The van der Waals surface area contributed by atoms with Gasteiger partial charge in [-0.15, -0.1) is 0 Å². The van der Waals surface area contributed by atoms with Gasteiger partial charge in [-0.1, -0.05) is 30.3 Å². The highest BCUT2D eigenvalue weighted by Crippen LogP contribution is 2.07. The zero-order chi connectivity index (χ0) is 20.3. The van der Waals surface area contributed by atoms with Crippen molar-refractivity contribution >= 4 is 17.9 Å². The molecule has 154 valence electrons. The summed E-state index contributed by atoms with van der Waals surface area (Å²) in [4.78, 5) is 27.4. The highest BCUT2D eigenvalue weighted by Gasteiger charge is 2.15. The van der Waals surface area contributed by atoms with E-state index in [4.69, 9.17) is 9.15 Å². The minimum atomic E-state index is -0.329. The van der Waals surface area contributed by atoms with E-state index in [-0.39, 0.29) is 23.9 Å². The van der Waals surface area contributed by atoms with Gasteiger partial charge >= 0.3 is 0 Å². The fourth-order valence-corrected chi connectivity index (χ4v) is 3.07. The van der Waals surface area contributed by atoms with E-state index in [1.165, 1.54) is 6.26 Å². The number of hydrogen-bond acceptors (Lipinski definition) is 5. The SMILES string of the molecule is O=C(Cc1ccccc1)N/C(=C/c1ccco1)C(=O)NCCCN1CCOCC1. The maximum Gasteiger partial charge on any atom is 0.267 e. The Bertz CT molecular complexity index is 797. The number of ether oxygens (including phenoxy) is 1. The van der Waals surface area contributed by atoms with Crippen LogP contribution in [0.3, 0.4) is 0 Å². The number of carbonyl (C=O) groups excluding carboxylic acids is 2. The first kappa shape index (κ1) is 20.8. The molecule has 0 atom stereocenters. The zero-order valence-electron chi connectivity index (χ0n) is 16.4. The number of carbonyl (C=O) groups is 2. The average Bonchev–Trinajstić information content (AvgIpc) is 3.25. The van der Waals surface area contributed by atoms with Gasteiger partial charge in [-0.25, -0.2) is 0 Å². The summed E-state index contributed by atoms with van der Waals surface area (Å²) >= 11 is 0. The molecule has 1 aliphatic rings. The standard InChI is InChI=1S/C22H27N3O4/c26-21(16-18-6-2-1-3-7-18)24-20(17-19-8-4-13-29-19)22(27)23-9-5-10-25-11-14-28-15-12-25/h1-4,6-8,13,17H,5,9-12,14-16H2,(H,23,27)(H,24,26)/b20-17+. The first-order valence-electron chi connectivity index (χ1n) is 9.88. The fourth-order valence-electron chi connectivity index (χ4n) is 3.07. The monoisotopic (exact) mass is 397 g/mol. The van der Waals surface area contributed by atoms with Crippen molar-refractivity contribution in [3.05, 3.63) is 65.7 Å². The number of furan rings is 1. The van der Waals surface area contributed by atoms with E-state index in [2.05, 4.69) is 15.5 Å². The summed E-state index contributed by atoms with van der Waals surface area (Å²) in [5, 5.41) is 5.60. The van der Waals surface area contributed by atoms with Crippen molar-refractivity contribution in [2.75, 3.05) is 39.4 Å². The van der Waals surface area contributed by atoms with Gasteiger partial charge in [-0.2, -0.15) is 0 Å². The molecule has 0 bridgehead atoms. The van der Waals surface area contributed by atoms with E-state index in [0.29, 0.717) is 12.3 Å². The Balaban J connectivity index is 1.53. The molecule has 0 radical (unpaired) electrons. The number of nitrogens with one attached hydrogen (secondary N) is 2. The number of benzene rings is 1. The molecule has 1 saturated heterocycles. The van der Waals surface area contributed by atoms with Gasteiger partial charge in [0, 0.05) is 25.7 Å². The lowest BCUT2D eigenvalue weighted by Gasteiger charge is -2.26. The Hall–Kier alpha value is -2.90. The van der Waals surface area contributed by atoms with Crippen LogP contribution >= 0.6 is 0 Å². The van der Waals surface area contributed by atoms with Gasteiger partial charge < -0.3 is 19.8 Å². The number of hydrogen-bond donors (Lipinski definition) is 2. The number of rotatable bonds is 9. The topological polar surface area (TPSA) is 83.8 Å². The Kier molecular flexibility index (Phi) is 8.03. The maximum atomic E-state index is 12.6. The Labute approximate surface area is 170 Å². The van der Waals surface area contributed by atoms with Crippen LogP contribution in [0, 0.1) is 0 Å². The van der Waals surface area contributed by atoms with Crippen LogP contribution in [0.15, 0.2) is 58.8 Å². The summed E-state index contributed by atoms with van der Waals surface area (Å²) in [6, 6.07) is 12.9. The van der Waals surface area contributed by atoms with E-state index in [0.717, 1.165) is 44.8 Å². The van der Waals surface area contributed by atoms with E-state index in [9.17, 15) is 9.59 Å². The highest BCUT2D eigenvalue weighted by molar-refractivity contribution is 6.01. The second-order valence-corrected chi connectivity index (χ2v) is 6.85. The van der Waals surface area contributed by atoms with Crippen LogP contribution in [-0.2, 0) is 20.7 Å². The Morgan fingerprint density at radius 2 is 1.86 bits per heavy atom. The Morgan fingerprint density at radius 1 is 1.07 bits per heavy atom. The van der Waals surface area contributed by atoms with E-state index in [1.807, 2.05) is 30.3 Å². The summed E-state index contributed by atoms with van der Waals surface area (Å²) in [6.45, 7) is 4.80. The third-order valence-electron chi connectivity index (χ3n) is 4.60. The maximum absolute atomic E-state index is 12.6. The van der Waals surface area contributed by atoms with Crippen LogP contribution in [0.1, 0.15) is 17.7 Å². The van der Waals surface area contributed by atoms with Crippen LogP contribution in [0.5, 0.6) is 0 Å². The zero-order valence-corrected chi connectivity index (χ0v) is 16.4. The molecule has 1 fully saturated rings. The molecule has 1 aliphatic heterocycles. The van der Waals surface area contributed by atoms with Crippen molar-refractivity contribution in [2.45, 2.75) is 12.8 Å². The van der Waals surface area contributed by atoms with Crippen molar-refractivity contribution in [2.24, 2.45) is 0 Å². The number of morpholine rings is 1. The van der Waals surface area contributed by atoms with Gasteiger partial charge in [0.15, 0.2) is 0 Å². The molecule has 0 saturated carbocycles. The molecule has 1 aromatic carbocycles. The van der Waals surface area contributed by atoms with E-state index in [1.54, 1.807) is 18.2 Å². The van der Waals surface area contributed by atoms with Gasteiger partial charge in [-0.3, -0.25) is 14.5 Å². The third kappa shape index (κ3) is 7.21. The first-order valence-corrected chi connectivity index (χ1v) is 9.88. The molecule has 7 nitrogen and oxygen atoms in total. The van der Waals surface area contributed by atoms with Crippen molar-refractivity contribution in [1.82, 2.24) is 15.5 Å². The first-order chi connectivity index (χ1) is 14.2. The fraction of sp³-hybridized carbons (Fsp3) is 0.364. The molecule has 7 heteroatoms. The average molecular weight is 397 g/mol. The van der Waals surface area contributed by atoms with Gasteiger partial charge in [0.25, 0.3) is 5.91 Å². The molecule has 2 heterocycles. The van der Waals surface area contributed by atoms with Gasteiger partial charge in [-0.05, 0) is 30.7 Å². The molecule has 0 spiro atoms. The van der Waals surface area contributed by atoms with Gasteiger partial charge in [0.1, 0.15) is 11.5 Å². The molecule has 1 aromatic heterocycles. The highest BCUT2D eigenvalue weighted by atomic mass is 16.5. The van der Waals surface area contributed by atoms with Gasteiger partial charge in [0.2, 0.25) is 5.91 Å². The lowest BCUT2D eigenvalue weighted by atomic mass is 10.1. The van der Waals surface area contributed by atoms with E-state index < -0.39 is 0 Å². The largest absolute Gasteiger partial charge is 0.465 e.